The minimum Gasteiger partial charge on any atom is -0.399 e. The lowest BCUT2D eigenvalue weighted by Gasteiger charge is -2.03. The normalized spacial score (nSPS) is 15.2. The number of nitrogens with two attached hydrogens (primary N) is 1. The first-order valence-electron chi connectivity index (χ1n) is 5.92. The lowest BCUT2D eigenvalue weighted by molar-refractivity contribution is 0.750. The van der Waals surface area contributed by atoms with Gasteiger partial charge in [-0.3, -0.25) is 0 Å². The number of hydrogen-bond donors (Lipinski definition) is 1. The molecule has 0 amide bonds. The zero-order valence-corrected chi connectivity index (χ0v) is 10.1. The Hall–Kier alpha value is -1.84. The predicted octanol–water partition coefficient (Wildman–Crippen LogP) is 2.25. The summed E-state index contributed by atoms with van der Waals surface area (Å²) in [5.41, 5.74) is 8.81. The van der Waals surface area contributed by atoms with E-state index in [1.807, 2.05) is 30.8 Å². The molecule has 3 rings (SSSR count). The number of aryl methyl sites for hydroxylation is 2. The Balaban J connectivity index is 2.04. The number of aromatic nitrogens is 3. The highest BCUT2D eigenvalue weighted by Crippen LogP contribution is 2.38. The van der Waals surface area contributed by atoms with Gasteiger partial charge in [0.25, 0.3) is 0 Å². The van der Waals surface area contributed by atoms with Crippen LogP contribution in [0.25, 0.3) is 11.4 Å². The van der Waals surface area contributed by atoms with E-state index in [9.17, 15) is 0 Å². The van der Waals surface area contributed by atoms with Crippen LogP contribution in [0.4, 0.5) is 5.69 Å². The smallest absolute Gasteiger partial charge is 0.158 e. The number of anilines is 1. The van der Waals surface area contributed by atoms with Gasteiger partial charge in [-0.25, -0.2) is 9.67 Å². The van der Waals surface area contributed by atoms with Crippen molar-refractivity contribution < 1.29 is 0 Å². The van der Waals surface area contributed by atoms with Crippen LogP contribution in [0.2, 0.25) is 0 Å². The molecule has 4 heteroatoms. The Bertz CT molecular complexity index is 567. The van der Waals surface area contributed by atoms with Gasteiger partial charge in [0, 0.05) is 24.2 Å². The summed E-state index contributed by atoms with van der Waals surface area (Å²) in [4.78, 5) is 4.62. The highest BCUT2D eigenvalue weighted by Gasteiger charge is 2.28. The van der Waals surface area contributed by atoms with Crippen LogP contribution in [0.1, 0.15) is 30.1 Å². The molecule has 1 heterocycles. The van der Waals surface area contributed by atoms with Gasteiger partial charge in [0.2, 0.25) is 0 Å². The molecule has 0 aliphatic heterocycles. The van der Waals surface area contributed by atoms with Crippen molar-refractivity contribution in [2.75, 3.05) is 5.73 Å². The van der Waals surface area contributed by atoms with Crippen LogP contribution in [0.3, 0.4) is 0 Å². The molecule has 17 heavy (non-hydrogen) atoms. The monoisotopic (exact) mass is 228 g/mol. The topological polar surface area (TPSA) is 56.7 Å². The largest absolute Gasteiger partial charge is 0.399 e. The van der Waals surface area contributed by atoms with Gasteiger partial charge < -0.3 is 5.73 Å². The van der Waals surface area contributed by atoms with E-state index in [2.05, 4.69) is 16.1 Å². The summed E-state index contributed by atoms with van der Waals surface area (Å²) in [5, 5.41) is 4.48. The van der Waals surface area contributed by atoms with Crippen molar-refractivity contribution in [1.82, 2.24) is 14.8 Å². The molecular formula is C13H16N4. The molecule has 1 aliphatic carbocycles. The Labute approximate surface area is 100 Å². The standard InChI is InChI=1S/C13H16N4/c1-8-7-10(5-6-11(8)14)13-15-12(9-3-4-9)16-17(13)2/h5-7,9H,3-4,14H2,1-2H3. The number of nitrogen functional groups attached to an aromatic ring is 1. The predicted molar refractivity (Wildman–Crippen MR) is 67.6 cm³/mol. The van der Waals surface area contributed by atoms with Crippen LogP contribution in [0, 0.1) is 6.92 Å². The van der Waals surface area contributed by atoms with Crippen LogP contribution >= 0.6 is 0 Å². The molecule has 0 radical (unpaired) electrons. The maximum atomic E-state index is 5.83. The molecule has 0 saturated heterocycles. The van der Waals surface area contributed by atoms with Gasteiger partial charge in [-0.15, -0.1) is 0 Å². The fraction of sp³-hybridized carbons (Fsp3) is 0.385. The molecule has 2 aromatic rings. The minimum atomic E-state index is 0.588. The van der Waals surface area contributed by atoms with Crippen molar-refractivity contribution in [1.29, 1.82) is 0 Å². The lowest BCUT2D eigenvalue weighted by atomic mass is 10.1. The zero-order chi connectivity index (χ0) is 12.0. The van der Waals surface area contributed by atoms with Gasteiger partial charge in [-0.05, 0) is 43.5 Å². The summed E-state index contributed by atoms with van der Waals surface area (Å²) in [6.07, 6.45) is 2.45. The quantitative estimate of drug-likeness (QED) is 0.802. The molecule has 0 unspecified atom stereocenters. The molecule has 0 bridgehead atoms. The average molecular weight is 228 g/mol. The van der Waals surface area contributed by atoms with Crippen LogP contribution in [-0.2, 0) is 7.05 Å². The number of benzene rings is 1. The molecule has 1 aromatic heterocycles. The third-order valence-electron chi connectivity index (χ3n) is 3.25. The first kappa shape index (κ1) is 10.3. The highest BCUT2D eigenvalue weighted by molar-refractivity contribution is 5.62. The summed E-state index contributed by atoms with van der Waals surface area (Å²) in [5.74, 6) is 2.50. The third kappa shape index (κ3) is 1.79. The van der Waals surface area contributed by atoms with Crippen LogP contribution in [0.15, 0.2) is 18.2 Å². The van der Waals surface area contributed by atoms with E-state index in [-0.39, 0.29) is 0 Å². The van der Waals surface area contributed by atoms with E-state index in [1.165, 1.54) is 12.8 Å². The van der Waals surface area contributed by atoms with Gasteiger partial charge in [0.15, 0.2) is 11.6 Å². The SMILES string of the molecule is Cc1cc(-c2nc(C3CC3)nn2C)ccc1N. The molecule has 2 N–H and O–H groups in total. The molecule has 1 fully saturated rings. The van der Waals surface area contributed by atoms with E-state index < -0.39 is 0 Å². The van der Waals surface area contributed by atoms with E-state index in [4.69, 9.17) is 5.73 Å². The molecule has 1 aromatic carbocycles. The maximum absolute atomic E-state index is 5.83. The van der Waals surface area contributed by atoms with E-state index in [0.717, 1.165) is 28.5 Å². The van der Waals surface area contributed by atoms with Crippen LogP contribution in [0.5, 0.6) is 0 Å². The molecule has 4 nitrogen and oxygen atoms in total. The average Bonchev–Trinajstić information content (AvgIpc) is 3.07. The van der Waals surface area contributed by atoms with Gasteiger partial charge >= 0.3 is 0 Å². The molecule has 88 valence electrons. The molecule has 1 saturated carbocycles. The van der Waals surface area contributed by atoms with E-state index >= 15 is 0 Å². The minimum absolute atomic E-state index is 0.588. The third-order valence-corrected chi connectivity index (χ3v) is 3.25. The van der Waals surface area contributed by atoms with E-state index in [1.54, 1.807) is 0 Å². The summed E-state index contributed by atoms with van der Waals surface area (Å²) in [6.45, 7) is 2.01. The second-order valence-electron chi connectivity index (χ2n) is 4.76. The van der Waals surface area contributed by atoms with Crippen molar-refractivity contribution >= 4 is 5.69 Å². The molecular weight excluding hydrogens is 212 g/mol. The fourth-order valence-corrected chi connectivity index (χ4v) is 1.98. The highest BCUT2D eigenvalue weighted by atomic mass is 15.3. The van der Waals surface area contributed by atoms with Crippen molar-refractivity contribution in [3.05, 3.63) is 29.6 Å². The molecule has 0 atom stereocenters. The summed E-state index contributed by atoms with van der Waals surface area (Å²) < 4.78 is 1.86. The molecule has 1 aliphatic rings. The van der Waals surface area contributed by atoms with Crippen molar-refractivity contribution in [2.45, 2.75) is 25.7 Å². The second-order valence-corrected chi connectivity index (χ2v) is 4.76. The van der Waals surface area contributed by atoms with Crippen molar-refractivity contribution in [2.24, 2.45) is 7.05 Å². The Kier molecular flexibility index (Phi) is 2.18. The first-order chi connectivity index (χ1) is 8.15. The number of rotatable bonds is 2. The van der Waals surface area contributed by atoms with Crippen LogP contribution < -0.4 is 5.73 Å². The lowest BCUT2D eigenvalue weighted by Crippen LogP contribution is -1.96. The number of nitrogens with zero attached hydrogens (tertiary/aromatic N) is 3. The van der Waals surface area contributed by atoms with Gasteiger partial charge in [-0.2, -0.15) is 5.10 Å². The Morgan fingerprint density at radius 2 is 2.12 bits per heavy atom. The Morgan fingerprint density at radius 1 is 1.35 bits per heavy atom. The zero-order valence-electron chi connectivity index (χ0n) is 10.1. The second kappa shape index (κ2) is 3.58. The summed E-state index contributed by atoms with van der Waals surface area (Å²) in [6, 6.07) is 6.00. The molecule has 0 spiro atoms. The number of hydrogen-bond acceptors (Lipinski definition) is 3. The van der Waals surface area contributed by atoms with Crippen molar-refractivity contribution in [3.63, 3.8) is 0 Å². The van der Waals surface area contributed by atoms with Crippen LogP contribution in [-0.4, -0.2) is 14.8 Å². The van der Waals surface area contributed by atoms with Gasteiger partial charge in [-0.1, -0.05) is 0 Å². The van der Waals surface area contributed by atoms with Crippen molar-refractivity contribution in [3.8, 4) is 11.4 Å². The maximum Gasteiger partial charge on any atom is 0.158 e. The van der Waals surface area contributed by atoms with E-state index in [0.29, 0.717) is 5.92 Å². The summed E-state index contributed by atoms with van der Waals surface area (Å²) >= 11 is 0. The van der Waals surface area contributed by atoms with Gasteiger partial charge in [0.05, 0.1) is 0 Å². The summed E-state index contributed by atoms with van der Waals surface area (Å²) in [7, 11) is 1.94. The fourth-order valence-electron chi connectivity index (χ4n) is 1.98. The first-order valence-corrected chi connectivity index (χ1v) is 5.92. The Morgan fingerprint density at radius 3 is 2.76 bits per heavy atom. The van der Waals surface area contributed by atoms with Gasteiger partial charge in [0.1, 0.15) is 0 Å².